The second-order valence-electron chi connectivity index (χ2n) is 7.95. The Balaban J connectivity index is 4.00. The van der Waals surface area contributed by atoms with E-state index < -0.39 is 5.60 Å². The highest BCUT2D eigenvalue weighted by atomic mass is 16.5. The third kappa shape index (κ3) is 12.3. The van der Waals surface area contributed by atoms with Gasteiger partial charge in [0.1, 0.15) is 0 Å². The summed E-state index contributed by atoms with van der Waals surface area (Å²) in [5, 5.41) is 2.54. The first-order chi connectivity index (χ1) is 11.0. The summed E-state index contributed by atoms with van der Waals surface area (Å²) in [7, 11) is 3.36. The molecule has 0 saturated carbocycles. The Morgan fingerprint density at radius 1 is 1.04 bits per heavy atom. The number of nitrogens with one attached hydrogen (secondary N) is 1. The summed E-state index contributed by atoms with van der Waals surface area (Å²) in [6, 6.07) is 0. The number of carbonyl (C=O) groups excluding carboxylic acids is 2. The summed E-state index contributed by atoms with van der Waals surface area (Å²) in [5.41, 5.74) is -0.250. The summed E-state index contributed by atoms with van der Waals surface area (Å²) in [5.74, 6) is -0.0146. The van der Waals surface area contributed by atoms with Crippen LogP contribution in [0.1, 0.15) is 53.9 Å². The molecule has 0 aliphatic rings. The zero-order valence-corrected chi connectivity index (χ0v) is 16.5. The van der Waals surface area contributed by atoms with Crippen LogP contribution in [0.5, 0.6) is 0 Å². The summed E-state index contributed by atoms with van der Waals surface area (Å²) in [6.07, 6.45) is 1.63. The fourth-order valence-electron chi connectivity index (χ4n) is 1.90. The Labute approximate surface area is 147 Å². The Hall–Kier alpha value is -1.14. The molecule has 0 radical (unpaired) electrons. The van der Waals surface area contributed by atoms with Gasteiger partial charge in [-0.15, -0.1) is 0 Å². The number of nitrogens with zero attached hydrogens (tertiary/aromatic N) is 1. The Bertz CT molecular complexity index is 389. The molecule has 0 aliphatic heterocycles. The molecule has 0 heterocycles. The number of carbonyl (C=O) groups is 2. The van der Waals surface area contributed by atoms with Crippen LogP contribution >= 0.6 is 0 Å². The molecule has 0 saturated heterocycles. The van der Waals surface area contributed by atoms with Crippen molar-refractivity contribution >= 4 is 11.8 Å². The number of likely N-dealkylation sites (N-methyl/N-ethyl adjacent to an activating group) is 1. The van der Waals surface area contributed by atoms with Gasteiger partial charge in [-0.25, -0.2) is 0 Å². The number of ether oxygens (including phenoxy) is 2. The second kappa shape index (κ2) is 10.7. The third-order valence-electron chi connectivity index (χ3n) is 3.67. The van der Waals surface area contributed by atoms with Crippen LogP contribution in [0.4, 0.5) is 0 Å². The Morgan fingerprint density at radius 3 is 2.21 bits per heavy atom. The van der Waals surface area contributed by atoms with Crippen molar-refractivity contribution in [2.45, 2.75) is 59.5 Å². The minimum atomic E-state index is -0.476. The van der Waals surface area contributed by atoms with Crippen molar-refractivity contribution in [3.63, 3.8) is 0 Å². The van der Waals surface area contributed by atoms with Gasteiger partial charge in [-0.05, 0) is 25.7 Å². The van der Waals surface area contributed by atoms with Crippen molar-refractivity contribution < 1.29 is 19.1 Å². The lowest BCUT2D eigenvalue weighted by Gasteiger charge is -2.29. The van der Waals surface area contributed by atoms with Gasteiger partial charge < -0.3 is 19.7 Å². The van der Waals surface area contributed by atoms with Crippen LogP contribution in [0.15, 0.2) is 0 Å². The van der Waals surface area contributed by atoms with E-state index in [1.54, 1.807) is 19.0 Å². The van der Waals surface area contributed by atoms with Gasteiger partial charge in [-0.2, -0.15) is 0 Å². The van der Waals surface area contributed by atoms with E-state index in [-0.39, 0.29) is 17.2 Å². The predicted molar refractivity (Wildman–Crippen MR) is 95.9 cm³/mol. The molecule has 0 aromatic heterocycles. The van der Waals surface area contributed by atoms with Gasteiger partial charge in [-0.3, -0.25) is 9.59 Å². The Kier molecular flexibility index (Phi) is 10.2. The molecule has 2 amide bonds. The summed E-state index contributed by atoms with van der Waals surface area (Å²) < 4.78 is 11.3. The standard InChI is InChI=1S/C18H36N2O4/c1-17(2,3)9-12-24-18(4,5)14-16(22)20(7)10-13-23-11-8-15(21)19-6/h8-14H2,1-7H3,(H,19,21). The molecule has 0 unspecified atom stereocenters. The molecule has 0 bridgehead atoms. The number of hydrogen-bond acceptors (Lipinski definition) is 4. The average molecular weight is 344 g/mol. The van der Waals surface area contributed by atoms with Crippen LogP contribution in [0, 0.1) is 5.41 Å². The molecular formula is C18H36N2O4. The quantitative estimate of drug-likeness (QED) is 0.584. The maximum absolute atomic E-state index is 12.3. The van der Waals surface area contributed by atoms with Crippen molar-refractivity contribution in [3.8, 4) is 0 Å². The largest absolute Gasteiger partial charge is 0.379 e. The molecule has 0 aliphatic carbocycles. The molecule has 24 heavy (non-hydrogen) atoms. The van der Waals surface area contributed by atoms with Crippen LogP contribution in [0.3, 0.4) is 0 Å². The van der Waals surface area contributed by atoms with Gasteiger partial charge in [0.05, 0.1) is 25.2 Å². The van der Waals surface area contributed by atoms with Gasteiger partial charge in [0.2, 0.25) is 11.8 Å². The lowest BCUT2D eigenvalue weighted by Crippen LogP contribution is -2.37. The highest BCUT2D eigenvalue weighted by Crippen LogP contribution is 2.22. The van der Waals surface area contributed by atoms with Gasteiger partial charge in [0.15, 0.2) is 0 Å². The van der Waals surface area contributed by atoms with Crippen molar-refractivity contribution in [2.24, 2.45) is 5.41 Å². The first-order valence-electron chi connectivity index (χ1n) is 8.63. The first-order valence-corrected chi connectivity index (χ1v) is 8.63. The van der Waals surface area contributed by atoms with Gasteiger partial charge in [0, 0.05) is 33.7 Å². The summed E-state index contributed by atoms with van der Waals surface area (Å²) in [4.78, 5) is 25.0. The van der Waals surface area contributed by atoms with Crippen molar-refractivity contribution in [3.05, 3.63) is 0 Å². The maximum atomic E-state index is 12.3. The van der Waals surface area contributed by atoms with Crippen molar-refractivity contribution in [2.75, 3.05) is 40.5 Å². The van der Waals surface area contributed by atoms with E-state index in [4.69, 9.17) is 9.47 Å². The minimum absolute atomic E-state index is 0.0330. The van der Waals surface area contributed by atoms with E-state index in [1.165, 1.54) is 0 Å². The molecule has 1 N–H and O–H groups in total. The van der Waals surface area contributed by atoms with Crippen molar-refractivity contribution in [1.82, 2.24) is 10.2 Å². The van der Waals surface area contributed by atoms with Gasteiger partial charge >= 0.3 is 0 Å². The molecule has 0 atom stereocenters. The SMILES string of the molecule is CNC(=O)CCOCCN(C)C(=O)CC(C)(C)OCCC(C)(C)C. The summed E-state index contributed by atoms with van der Waals surface area (Å²) in [6.45, 7) is 12.3. The molecule has 6 nitrogen and oxygen atoms in total. The van der Waals surface area contributed by atoms with Crippen molar-refractivity contribution in [1.29, 1.82) is 0 Å². The summed E-state index contributed by atoms with van der Waals surface area (Å²) >= 11 is 0. The van der Waals surface area contributed by atoms with Gasteiger partial charge in [-0.1, -0.05) is 20.8 Å². The van der Waals surface area contributed by atoms with Crippen LogP contribution in [-0.4, -0.2) is 62.8 Å². The van der Waals surface area contributed by atoms with Crippen LogP contribution in [-0.2, 0) is 19.1 Å². The fourth-order valence-corrected chi connectivity index (χ4v) is 1.90. The van der Waals surface area contributed by atoms with E-state index in [9.17, 15) is 9.59 Å². The molecule has 0 aromatic carbocycles. The smallest absolute Gasteiger partial charge is 0.225 e. The highest BCUT2D eigenvalue weighted by Gasteiger charge is 2.25. The average Bonchev–Trinajstić information content (AvgIpc) is 2.43. The second-order valence-corrected chi connectivity index (χ2v) is 7.95. The topological polar surface area (TPSA) is 67.9 Å². The van der Waals surface area contributed by atoms with E-state index in [0.717, 1.165) is 6.42 Å². The van der Waals surface area contributed by atoms with Crippen LogP contribution in [0.25, 0.3) is 0 Å². The number of amides is 2. The molecule has 0 spiro atoms. The number of hydrogen-bond donors (Lipinski definition) is 1. The zero-order chi connectivity index (χ0) is 18.8. The third-order valence-corrected chi connectivity index (χ3v) is 3.67. The molecule has 0 rings (SSSR count). The van der Waals surface area contributed by atoms with E-state index in [1.807, 2.05) is 13.8 Å². The van der Waals surface area contributed by atoms with E-state index in [0.29, 0.717) is 39.2 Å². The fraction of sp³-hybridized carbons (Fsp3) is 0.889. The van der Waals surface area contributed by atoms with Crippen LogP contribution in [0.2, 0.25) is 0 Å². The molecule has 0 fully saturated rings. The normalized spacial score (nSPS) is 12.1. The lowest BCUT2D eigenvalue weighted by atomic mass is 9.93. The first kappa shape index (κ1) is 22.9. The lowest BCUT2D eigenvalue weighted by molar-refractivity contribution is -0.137. The molecule has 0 aromatic rings. The molecule has 6 heteroatoms. The van der Waals surface area contributed by atoms with Crippen LogP contribution < -0.4 is 5.32 Å². The van der Waals surface area contributed by atoms with E-state index in [2.05, 4.69) is 26.1 Å². The maximum Gasteiger partial charge on any atom is 0.225 e. The van der Waals surface area contributed by atoms with E-state index >= 15 is 0 Å². The molecular weight excluding hydrogens is 308 g/mol. The number of rotatable bonds is 11. The Morgan fingerprint density at radius 2 is 1.67 bits per heavy atom. The monoisotopic (exact) mass is 344 g/mol. The minimum Gasteiger partial charge on any atom is -0.379 e. The molecule has 142 valence electrons. The predicted octanol–water partition coefficient (Wildman–Crippen LogP) is 2.22. The zero-order valence-electron chi connectivity index (χ0n) is 16.5. The van der Waals surface area contributed by atoms with Gasteiger partial charge in [0.25, 0.3) is 0 Å². The highest BCUT2D eigenvalue weighted by molar-refractivity contribution is 5.77.